The molecule has 0 bridgehead atoms. The van der Waals surface area contributed by atoms with Gasteiger partial charge < -0.3 is 5.32 Å². The van der Waals surface area contributed by atoms with Crippen LogP contribution in [-0.2, 0) is 21.4 Å². The Labute approximate surface area is 139 Å². The quantitative estimate of drug-likeness (QED) is 0.867. The summed E-state index contributed by atoms with van der Waals surface area (Å²) in [6, 6.07) is 6.81. The van der Waals surface area contributed by atoms with Crippen LogP contribution in [0.15, 0.2) is 29.2 Å². The molecule has 1 aliphatic rings. The molecule has 0 unspecified atom stereocenters. The molecule has 0 spiro atoms. The van der Waals surface area contributed by atoms with Crippen molar-refractivity contribution in [2.24, 2.45) is 5.92 Å². The maximum atomic E-state index is 12.5. The summed E-state index contributed by atoms with van der Waals surface area (Å²) < 4.78 is 26.6. The predicted octanol–water partition coefficient (Wildman–Crippen LogP) is 2.52. The highest BCUT2D eigenvalue weighted by atomic mass is 32.2. The predicted molar refractivity (Wildman–Crippen MR) is 90.4 cm³/mol. The van der Waals surface area contributed by atoms with Gasteiger partial charge in [-0.3, -0.25) is 4.79 Å². The van der Waals surface area contributed by atoms with Crippen molar-refractivity contribution in [3.8, 4) is 0 Å². The SMILES string of the molecule is CC(C)CC(=O)NCc1ccc(S(=O)(=O)N2CCCCC2)cc1. The minimum Gasteiger partial charge on any atom is -0.352 e. The molecule has 0 atom stereocenters. The largest absolute Gasteiger partial charge is 0.352 e. The van der Waals surface area contributed by atoms with Crippen molar-refractivity contribution >= 4 is 15.9 Å². The van der Waals surface area contributed by atoms with Gasteiger partial charge in [-0.2, -0.15) is 4.31 Å². The minimum atomic E-state index is -3.38. The molecule has 1 N–H and O–H groups in total. The lowest BCUT2D eigenvalue weighted by molar-refractivity contribution is -0.121. The molecule has 0 aromatic heterocycles. The van der Waals surface area contributed by atoms with Crippen molar-refractivity contribution in [3.63, 3.8) is 0 Å². The molecule has 23 heavy (non-hydrogen) atoms. The highest BCUT2D eigenvalue weighted by Crippen LogP contribution is 2.20. The Balaban J connectivity index is 1.97. The fourth-order valence-corrected chi connectivity index (χ4v) is 4.19. The Bertz CT molecular complexity index is 618. The van der Waals surface area contributed by atoms with Gasteiger partial charge in [-0.25, -0.2) is 8.42 Å². The summed E-state index contributed by atoms with van der Waals surface area (Å²) >= 11 is 0. The smallest absolute Gasteiger partial charge is 0.243 e. The van der Waals surface area contributed by atoms with E-state index in [2.05, 4.69) is 5.32 Å². The maximum Gasteiger partial charge on any atom is 0.243 e. The molecule has 1 aliphatic heterocycles. The number of carbonyl (C=O) groups excluding carboxylic acids is 1. The second-order valence-corrected chi connectivity index (χ2v) is 8.42. The van der Waals surface area contributed by atoms with Crippen molar-refractivity contribution in [1.82, 2.24) is 9.62 Å². The van der Waals surface area contributed by atoms with Crippen LogP contribution in [0.2, 0.25) is 0 Å². The molecule has 1 fully saturated rings. The Morgan fingerprint density at radius 3 is 2.30 bits per heavy atom. The summed E-state index contributed by atoms with van der Waals surface area (Å²) in [7, 11) is -3.38. The maximum absolute atomic E-state index is 12.5. The number of hydrogen-bond donors (Lipinski definition) is 1. The third kappa shape index (κ3) is 5.04. The molecule has 1 amide bonds. The lowest BCUT2D eigenvalue weighted by Crippen LogP contribution is -2.35. The van der Waals surface area contributed by atoms with E-state index in [0.29, 0.717) is 36.9 Å². The number of piperidine rings is 1. The van der Waals surface area contributed by atoms with Crippen molar-refractivity contribution in [2.45, 2.75) is 51.0 Å². The van der Waals surface area contributed by atoms with Gasteiger partial charge in [-0.05, 0) is 36.5 Å². The average molecular weight is 338 g/mol. The second kappa shape index (κ2) is 7.93. The summed E-state index contributed by atoms with van der Waals surface area (Å²) in [4.78, 5) is 12.0. The van der Waals surface area contributed by atoms with Crippen LogP contribution in [0.25, 0.3) is 0 Å². The molecule has 0 saturated carbocycles. The first-order valence-corrected chi connectivity index (χ1v) is 9.69. The van der Waals surface area contributed by atoms with Crippen molar-refractivity contribution in [3.05, 3.63) is 29.8 Å². The average Bonchev–Trinajstić information content (AvgIpc) is 2.53. The monoisotopic (exact) mass is 338 g/mol. The summed E-state index contributed by atoms with van der Waals surface area (Å²) in [6.45, 7) is 5.64. The molecule has 1 saturated heterocycles. The van der Waals surface area contributed by atoms with Gasteiger partial charge in [0, 0.05) is 26.1 Å². The van der Waals surface area contributed by atoms with E-state index in [4.69, 9.17) is 0 Å². The van der Waals surface area contributed by atoms with Crippen molar-refractivity contribution in [2.75, 3.05) is 13.1 Å². The minimum absolute atomic E-state index is 0.0185. The highest BCUT2D eigenvalue weighted by Gasteiger charge is 2.25. The van der Waals surface area contributed by atoms with Crippen LogP contribution in [0, 0.1) is 5.92 Å². The fraction of sp³-hybridized carbons (Fsp3) is 0.588. The van der Waals surface area contributed by atoms with E-state index in [1.54, 1.807) is 28.6 Å². The van der Waals surface area contributed by atoms with Gasteiger partial charge in [-0.15, -0.1) is 0 Å². The summed E-state index contributed by atoms with van der Waals surface area (Å²) in [5.41, 5.74) is 0.903. The molecule has 6 heteroatoms. The lowest BCUT2D eigenvalue weighted by atomic mass is 10.1. The molecule has 1 aromatic rings. The fourth-order valence-electron chi connectivity index (χ4n) is 2.68. The zero-order valence-electron chi connectivity index (χ0n) is 13.9. The van der Waals surface area contributed by atoms with E-state index in [9.17, 15) is 13.2 Å². The van der Waals surface area contributed by atoms with Gasteiger partial charge in [0.25, 0.3) is 0 Å². The number of amides is 1. The Kier molecular flexibility index (Phi) is 6.18. The standard InChI is InChI=1S/C17H26N2O3S/c1-14(2)12-17(20)18-13-15-6-8-16(9-7-15)23(21,22)19-10-4-3-5-11-19/h6-9,14H,3-5,10-13H2,1-2H3,(H,18,20). The first-order valence-electron chi connectivity index (χ1n) is 8.25. The Morgan fingerprint density at radius 1 is 1.13 bits per heavy atom. The van der Waals surface area contributed by atoms with E-state index in [1.807, 2.05) is 13.8 Å². The lowest BCUT2D eigenvalue weighted by Gasteiger charge is -2.25. The Morgan fingerprint density at radius 2 is 1.74 bits per heavy atom. The van der Waals surface area contributed by atoms with Crippen molar-refractivity contribution < 1.29 is 13.2 Å². The first-order chi connectivity index (χ1) is 10.9. The molecule has 2 rings (SSSR count). The highest BCUT2D eigenvalue weighted by molar-refractivity contribution is 7.89. The van der Waals surface area contributed by atoms with Gasteiger partial charge in [0.15, 0.2) is 0 Å². The number of nitrogens with one attached hydrogen (secondary N) is 1. The molecule has 0 aliphatic carbocycles. The third-order valence-electron chi connectivity index (χ3n) is 3.96. The van der Waals surface area contributed by atoms with Crippen LogP contribution in [0.1, 0.15) is 45.1 Å². The summed E-state index contributed by atoms with van der Waals surface area (Å²) in [6.07, 6.45) is 3.46. The number of nitrogens with zero attached hydrogens (tertiary/aromatic N) is 1. The molecule has 5 nitrogen and oxygen atoms in total. The molecular weight excluding hydrogens is 312 g/mol. The van der Waals surface area contributed by atoms with Crippen LogP contribution in [-0.4, -0.2) is 31.7 Å². The van der Waals surface area contributed by atoms with Gasteiger partial charge in [0.05, 0.1) is 4.90 Å². The number of hydrogen-bond acceptors (Lipinski definition) is 3. The van der Waals surface area contributed by atoms with E-state index >= 15 is 0 Å². The number of benzene rings is 1. The van der Waals surface area contributed by atoms with Gasteiger partial charge in [0.1, 0.15) is 0 Å². The van der Waals surface area contributed by atoms with E-state index < -0.39 is 10.0 Å². The van der Waals surface area contributed by atoms with E-state index in [-0.39, 0.29) is 5.91 Å². The van der Waals surface area contributed by atoms with E-state index in [1.165, 1.54) is 0 Å². The molecular formula is C17H26N2O3S. The summed E-state index contributed by atoms with van der Waals surface area (Å²) in [5, 5.41) is 2.85. The van der Waals surface area contributed by atoms with Crippen LogP contribution >= 0.6 is 0 Å². The third-order valence-corrected chi connectivity index (χ3v) is 5.87. The number of sulfonamides is 1. The van der Waals surface area contributed by atoms with Crippen LogP contribution in [0.4, 0.5) is 0 Å². The first kappa shape index (κ1) is 17.9. The van der Waals surface area contributed by atoms with Gasteiger partial charge >= 0.3 is 0 Å². The number of rotatable bonds is 6. The van der Waals surface area contributed by atoms with Gasteiger partial charge in [-0.1, -0.05) is 32.4 Å². The van der Waals surface area contributed by atoms with Crippen LogP contribution in [0.3, 0.4) is 0 Å². The number of carbonyl (C=O) groups is 1. The molecule has 0 radical (unpaired) electrons. The summed E-state index contributed by atoms with van der Waals surface area (Å²) in [5.74, 6) is 0.345. The van der Waals surface area contributed by atoms with Crippen LogP contribution < -0.4 is 5.32 Å². The normalized spacial score (nSPS) is 16.5. The molecule has 1 aromatic carbocycles. The van der Waals surface area contributed by atoms with Gasteiger partial charge in [0.2, 0.25) is 15.9 Å². The zero-order chi connectivity index (χ0) is 16.9. The van der Waals surface area contributed by atoms with E-state index in [0.717, 1.165) is 24.8 Å². The van der Waals surface area contributed by atoms with Crippen LogP contribution in [0.5, 0.6) is 0 Å². The molecule has 128 valence electrons. The Hall–Kier alpha value is -1.40. The second-order valence-electron chi connectivity index (χ2n) is 6.48. The van der Waals surface area contributed by atoms with Crippen molar-refractivity contribution in [1.29, 1.82) is 0 Å². The molecule has 1 heterocycles. The topological polar surface area (TPSA) is 66.5 Å². The zero-order valence-corrected chi connectivity index (χ0v) is 14.7.